The lowest BCUT2D eigenvalue weighted by Crippen LogP contribution is -2.39. The first-order chi connectivity index (χ1) is 9.20. The van der Waals surface area contributed by atoms with Gasteiger partial charge in [0.05, 0.1) is 31.6 Å². The molecule has 19 heavy (non-hydrogen) atoms. The summed E-state index contributed by atoms with van der Waals surface area (Å²) in [5.41, 5.74) is 0.842. The van der Waals surface area contributed by atoms with Gasteiger partial charge >= 0.3 is 0 Å². The summed E-state index contributed by atoms with van der Waals surface area (Å²) in [4.78, 5) is 14.2. The fourth-order valence-electron chi connectivity index (χ4n) is 2.23. The molecule has 6 heteroatoms. The largest absolute Gasteiger partial charge is 0.378 e. The Morgan fingerprint density at radius 1 is 1.47 bits per heavy atom. The van der Waals surface area contributed by atoms with E-state index in [1.54, 1.807) is 12.3 Å². The third kappa shape index (κ3) is 3.78. The number of rotatable bonds is 5. The average Bonchev–Trinajstić information content (AvgIpc) is 2.42. The molecule has 6 nitrogen and oxygen atoms in total. The minimum atomic E-state index is -0.0475. The van der Waals surface area contributed by atoms with Crippen molar-refractivity contribution in [2.45, 2.75) is 26.4 Å². The van der Waals surface area contributed by atoms with Crippen molar-refractivity contribution in [3.05, 3.63) is 22.6 Å². The number of anilines is 1. The standard InChI is InChI=1S/C13H22N4O2/c1-3-14-11(2)10-17-13(18)8-12(9-15-17)16-4-6-19-7-5-16/h8-9,11,14H,3-7,10H2,1-2H3. The third-order valence-corrected chi connectivity index (χ3v) is 3.23. The molecule has 106 valence electrons. The van der Waals surface area contributed by atoms with E-state index in [0.717, 1.165) is 25.3 Å². The van der Waals surface area contributed by atoms with Crippen LogP contribution in [0.25, 0.3) is 0 Å². The first-order valence-electron chi connectivity index (χ1n) is 6.84. The van der Waals surface area contributed by atoms with E-state index in [4.69, 9.17) is 4.74 Å². The number of morpholine rings is 1. The summed E-state index contributed by atoms with van der Waals surface area (Å²) in [6.07, 6.45) is 1.77. The Morgan fingerprint density at radius 3 is 2.84 bits per heavy atom. The minimum absolute atomic E-state index is 0.0475. The molecule has 1 fully saturated rings. The fourth-order valence-corrected chi connectivity index (χ4v) is 2.23. The Morgan fingerprint density at radius 2 is 2.21 bits per heavy atom. The van der Waals surface area contributed by atoms with Gasteiger partial charge in [-0.3, -0.25) is 4.79 Å². The van der Waals surface area contributed by atoms with Crippen molar-refractivity contribution in [2.24, 2.45) is 0 Å². The lowest BCUT2D eigenvalue weighted by molar-refractivity contribution is 0.122. The molecule has 2 heterocycles. The number of nitrogens with zero attached hydrogens (tertiary/aromatic N) is 3. The maximum Gasteiger partial charge on any atom is 0.268 e. The molecule has 0 saturated carbocycles. The highest BCUT2D eigenvalue weighted by Gasteiger charge is 2.13. The second-order valence-corrected chi connectivity index (χ2v) is 4.79. The van der Waals surface area contributed by atoms with Crippen molar-refractivity contribution in [3.8, 4) is 0 Å². The molecule has 1 aromatic heterocycles. The molecule has 0 amide bonds. The summed E-state index contributed by atoms with van der Waals surface area (Å²) in [7, 11) is 0. The van der Waals surface area contributed by atoms with E-state index in [1.165, 1.54) is 4.68 Å². The Labute approximate surface area is 113 Å². The van der Waals surface area contributed by atoms with Crippen molar-refractivity contribution < 1.29 is 4.74 Å². The summed E-state index contributed by atoms with van der Waals surface area (Å²) in [5.74, 6) is 0. The maximum absolute atomic E-state index is 12.0. The first-order valence-corrected chi connectivity index (χ1v) is 6.84. The highest BCUT2D eigenvalue weighted by Crippen LogP contribution is 2.11. The summed E-state index contributed by atoms with van der Waals surface area (Å²) >= 11 is 0. The fraction of sp³-hybridized carbons (Fsp3) is 0.692. The molecule has 1 atom stereocenters. The zero-order chi connectivity index (χ0) is 13.7. The van der Waals surface area contributed by atoms with E-state index in [0.29, 0.717) is 19.8 Å². The summed E-state index contributed by atoms with van der Waals surface area (Å²) in [6.45, 7) is 8.64. The van der Waals surface area contributed by atoms with Crippen molar-refractivity contribution in [3.63, 3.8) is 0 Å². The van der Waals surface area contributed by atoms with E-state index in [-0.39, 0.29) is 11.6 Å². The lowest BCUT2D eigenvalue weighted by atomic mass is 10.3. The van der Waals surface area contributed by atoms with Crippen molar-refractivity contribution in [1.82, 2.24) is 15.1 Å². The van der Waals surface area contributed by atoms with E-state index >= 15 is 0 Å². The van der Waals surface area contributed by atoms with E-state index in [1.807, 2.05) is 13.8 Å². The number of ether oxygens (including phenoxy) is 1. The van der Waals surface area contributed by atoms with Crippen molar-refractivity contribution >= 4 is 5.69 Å². The van der Waals surface area contributed by atoms with E-state index in [9.17, 15) is 4.79 Å². The number of hydrogen-bond acceptors (Lipinski definition) is 5. The van der Waals surface area contributed by atoms with Crippen LogP contribution in [-0.2, 0) is 11.3 Å². The Kier molecular flexibility index (Phi) is 4.93. The van der Waals surface area contributed by atoms with Crippen LogP contribution in [0.2, 0.25) is 0 Å². The van der Waals surface area contributed by atoms with Crippen LogP contribution in [0.5, 0.6) is 0 Å². The number of nitrogens with one attached hydrogen (secondary N) is 1. The predicted octanol–water partition coefficient (Wildman–Crippen LogP) is 0.0779. The molecule has 0 spiro atoms. The average molecular weight is 266 g/mol. The van der Waals surface area contributed by atoms with Crippen molar-refractivity contribution in [2.75, 3.05) is 37.7 Å². The van der Waals surface area contributed by atoms with Crippen LogP contribution >= 0.6 is 0 Å². The molecule has 1 N–H and O–H groups in total. The van der Waals surface area contributed by atoms with Gasteiger partial charge in [-0.1, -0.05) is 6.92 Å². The molecule has 1 aliphatic rings. The molecule has 1 aliphatic heterocycles. The van der Waals surface area contributed by atoms with Crippen LogP contribution in [-0.4, -0.2) is 48.7 Å². The quantitative estimate of drug-likeness (QED) is 0.818. The van der Waals surface area contributed by atoms with Crippen LogP contribution in [0.3, 0.4) is 0 Å². The molecule has 0 bridgehead atoms. The highest BCUT2D eigenvalue weighted by molar-refractivity contribution is 5.43. The molecule has 1 saturated heterocycles. The topological polar surface area (TPSA) is 59.4 Å². The second kappa shape index (κ2) is 6.68. The Bertz CT molecular complexity index is 454. The van der Waals surface area contributed by atoms with Gasteiger partial charge in [0, 0.05) is 25.2 Å². The van der Waals surface area contributed by atoms with Crippen LogP contribution < -0.4 is 15.8 Å². The molecule has 0 radical (unpaired) electrons. The van der Waals surface area contributed by atoms with Gasteiger partial charge in [0.25, 0.3) is 5.56 Å². The number of likely N-dealkylation sites (N-methyl/N-ethyl adjacent to an activating group) is 1. The summed E-state index contributed by atoms with van der Waals surface area (Å²) in [6, 6.07) is 1.90. The SMILES string of the molecule is CCNC(C)Cn1ncc(N2CCOCC2)cc1=O. The zero-order valence-electron chi connectivity index (χ0n) is 11.6. The molecular weight excluding hydrogens is 244 g/mol. The minimum Gasteiger partial charge on any atom is -0.378 e. The van der Waals surface area contributed by atoms with E-state index in [2.05, 4.69) is 15.3 Å². The molecular formula is C13H22N4O2. The summed E-state index contributed by atoms with van der Waals surface area (Å²) < 4.78 is 6.81. The molecule has 0 aliphatic carbocycles. The van der Waals surface area contributed by atoms with Crippen LogP contribution in [0.4, 0.5) is 5.69 Å². The van der Waals surface area contributed by atoms with Gasteiger partial charge in [0.1, 0.15) is 0 Å². The second-order valence-electron chi connectivity index (χ2n) is 4.79. The zero-order valence-corrected chi connectivity index (χ0v) is 11.6. The lowest BCUT2D eigenvalue weighted by Gasteiger charge is -2.28. The monoisotopic (exact) mass is 266 g/mol. The molecule has 0 aromatic carbocycles. The molecule has 1 aromatic rings. The van der Waals surface area contributed by atoms with Gasteiger partial charge in [0.2, 0.25) is 0 Å². The molecule has 1 unspecified atom stereocenters. The van der Waals surface area contributed by atoms with Gasteiger partial charge in [-0.2, -0.15) is 5.10 Å². The third-order valence-electron chi connectivity index (χ3n) is 3.23. The van der Waals surface area contributed by atoms with Crippen LogP contribution in [0.15, 0.2) is 17.1 Å². The van der Waals surface area contributed by atoms with Gasteiger partial charge in [-0.05, 0) is 13.5 Å². The van der Waals surface area contributed by atoms with Gasteiger partial charge in [-0.15, -0.1) is 0 Å². The van der Waals surface area contributed by atoms with Crippen molar-refractivity contribution in [1.29, 1.82) is 0 Å². The van der Waals surface area contributed by atoms with Gasteiger partial charge < -0.3 is 15.0 Å². The predicted molar refractivity (Wildman–Crippen MR) is 74.7 cm³/mol. The van der Waals surface area contributed by atoms with Crippen LogP contribution in [0, 0.1) is 0 Å². The number of aromatic nitrogens is 2. The number of hydrogen-bond donors (Lipinski definition) is 1. The smallest absolute Gasteiger partial charge is 0.268 e. The maximum atomic E-state index is 12.0. The van der Waals surface area contributed by atoms with E-state index < -0.39 is 0 Å². The van der Waals surface area contributed by atoms with Gasteiger partial charge in [-0.25, -0.2) is 4.68 Å². The summed E-state index contributed by atoms with van der Waals surface area (Å²) in [5, 5.41) is 7.53. The highest BCUT2D eigenvalue weighted by atomic mass is 16.5. The van der Waals surface area contributed by atoms with Crippen LogP contribution in [0.1, 0.15) is 13.8 Å². The Hall–Kier alpha value is -1.40. The first kappa shape index (κ1) is 14.0. The van der Waals surface area contributed by atoms with Gasteiger partial charge in [0.15, 0.2) is 0 Å². The molecule has 2 rings (SSSR count). The normalized spacial score (nSPS) is 17.5. The Balaban J connectivity index is 2.06.